The van der Waals surface area contributed by atoms with E-state index in [0.717, 1.165) is 4.47 Å². The molecule has 7 heteroatoms. The number of amides is 1. The van der Waals surface area contributed by atoms with Gasteiger partial charge < -0.3 is 14.7 Å². The second kappa shape index (κ2) is 5.26. The lowest BCUT2D eigenvalue weighted by atomic mass is 9.95. The van der Waals surface area contributed by atoms with Crippen LogP contribution in [0, 0.1) is 0 Å². The second-order valence-electron chi connectivity index (χ2n) is 4.69. The van der Waals surface area contributed by atoms with Gasteiger partial charge in [-0.25, -0.2) is 4.79 Å². The number of carbonyl (C=O) groups excluding carboxylic acids is 1. The molecule has 0 aromatic carbocycles. The maximum atomic E-state index is 12.1. The Hall–Kier alpha value is -1.47. The first-order chi connectivity index (χ1) is 8.89. The number of carboxylic acids is 1. The highest BCUT2D eigenvalue weighted by Crippen LogP contribution is 2.26. The summed E-state index contributed by atoms with van der Waals surface area (Å²) in [7, 11) is 0. The van der Waals surface area contributed by atoms with E-state index >= 15 is 0 Å². The Morgan fingerprint density at radius 3 is 2.79 bits per heavy atom. The summed E-state index contributed by atoms with van der Waals surface area (Å²) < 4.78 is 5.99. The fourth-order valence-electron chi connectivity index (χ4n) is 1.94. The maximum absolute atomic E-state index is 12.1. The highest BCUT2D eigenvalue weighted by atomic mass is 79.9. The largest absolute Gasteiger partial charge is 0.480 e. The van der Waals surface area contributed by atoms with Crippen LogP contribution in [0.25, 0.3) is 0 Å². The first-order valence-corrected chi connectivity index (χ1v) is 6.44. The van der Waals surface area contributed by atoms with Crippen molar-refractivity contribution in [1.82, 2.24) is 9.88 Å². The molecule has 1 fully saturated rings. The van der Waals surface area contributed by atoms with Crippen LogP contribution in [-0.2, 0) is 9.53 Å². The van der Waals surface area contributed by atoms with E-state index in [0.29, 0.717) is 18.7 Å². The summed E-state index contributed by atoms with van der Waals surface area (Å²) in [6.07, 6.45) is 3.10. The van der Waals surface area contributed by atoms with Gasteiger partial charge in [0.1, 0.15) is 12.2 Å². The average Bonchev–Trinajstić information content (AvgIpc) is 2.32. The number of aliphatic carboxylic acids is 1. The van der Waals surface area contributed by atoms with Gasteiger partial charge in [0.05, 0.1) is 18.7 Å². The quantitative estimate of drug-likeness (QED) is 0.897. The van der Waals surface area contributed by atoms with E-state index < -0.39 is 11.6 Å². The maximum Gasteiger partial charge on any atom is 0.329 e. The number of nitrogens with zero attached hydrogens (tertiary/aromatic N) is 2. The predicted octanol–water partition coefficient (Wildman–Crippen LogP) is 1.16. The summed E-state index contributed by atoms with van der Waals surface area (Å²) in [5.41, 5.74) is -0.0808. The van der Waals surface area contributed by atoms with Crippen LogP contribution < -0.4 is 0 Å². The zero-order chi connectivity index (χ0) is 14.0. The second-order valence-corrected chi connectivity index (χ2v) is 5.60. The number of halogens is 1. The minimum atomic E-state index is -1.01. The molecule has 6 nitrogen and oxygen atoms in total. The van der Waals surface area contributed by atoms with Crippen molar-refractivity contribution < 1.29 is 19.4 Å². The lowest BCUT2D eigenvalue weighted by Crippen LogP contribution is -2.63. The van der Waals surface area contributed by atoms with Crippen molar-refractivity contribution >= 4 is 27.8 Å². The van der Waals surface area contributed by atoms with Crippen molar-refractivity contribution in [3.8, 4) is 0 Å². The molecule has 0 bridgehead atoms. The van der Waals surface area contributed by atoms with Crippen LogP contribution in [-0.4, -0.2) is 52.2 Å². The normalized spacial score (nSPS) is 16.8. The van der Waals surface area contributed by atoms with Crippen LogP contribution in [0.15, 0.2) is 22.9 Å². The molecule has 1 aromatic rings. The smallest absolute Gasteiger partial charge is 0.329 e. The lowest BCUT2D eigenvalue weighted by molar-refractivity contribution is -0.159. The van der Waals surface area contributed by atoms with Gasteiger partial charge in [-0.15, -0.1) is 0 Å². The van der Waals surface area contributed by atoms with Crippen LogP contribution >= 0.6 is 15.9 Å². The van der Waals surface area contributed by atoms with Crippen molar-refractivity contribution in [3.05, 3.63) is 28.5 Å². The monoisotopic (exact) mass is 328 g/mol. The summed E-state index contributed by atoms with van der Waals surface area (Å²) in [5, 5.41) is 8.56. The third kappa shape index (κ3) is 3.30. The van der Waals surface area contributed by atoms with Gasteiger partial charge in [0, 0.05) is 16.9 Å². The molecule has 102 valence electrons. The number of pyridine rings is 1. The first-order valence-electron chi connectivity index (χ1n) is 5.65. The van der Waals surface area contributed by atoms with Crippen LogP contribution in [0.3, 0.4) is 0 Å². The van der Waals surface area contributed by atoms with Crippen LogP contribution in [0.2, 0.25) is 0 Å². The Kier molecular flexibility index (Phi) is 3.86. The molecule has 0 atom stereocenters. The molecule has 1 aromatic heterocycles. The van der Waals surface area contributed by atoms with Crippen molar-refractivity contribution in [2.75, 3.05) is 19.7 Å². The molecule has 1 N–H and O–H groups in total. The number of likely N-dealkylation sites (tertiary alicyclic amines) is 1. The van der Waals surface area contributed by atoms with Gasteiger partial charge >= 0.3 is 5.97 Å². The van der Waals surface area contributed by atoms with Gasteiger partial charge in [0.25, 0.3) is 5.91 Å². The number of carboxylic acid groups (broad SMARTS) is 1. The van der Waals surface area contributed by atoms with Crippen molar-refractivity contribution in [2.45, 2.75) is 12.5 Å². The molecule has 2 heterocycles. The van der Waals surface area contributed by atoms with Crippen molar-refractivity contribution in [2.24, 2.45) is 0 Å². The van der Waals surface area contributed by atoms with E-state index in [2.05, 4.69) is 20.9 Å². The van der Waals surface area contributed by atoms with E-state index in [1.54, 1.807) is 24.1 Å². The minimum Gasteiger partial charge on any atom is -0.480 e. The highest BCUT2D eigenvalue weighted by Gasteiger charge is 2.43. The fraction of sp³-hybridized carbons (Fsp3) is 0.417. The Morgan fingerprint density at radius 2 is 2.21 bits per heavy atom. The molecule has 0 aliphatic carbocycles. The number of hydrogen-bond donors (Lipinski definition) is 1. The minimum absolute atomic E-state index is 0.134. The predicted molar refractivity (Wildman–Crippen MR) is 69.8 cm³/mol. The Labute approximate surface area is 118 Å². The zero-order valence-electron chi connectivity index (χ0n) is 10.3. The molecule has 0 saturated carbocycles. The van der Waals surface area contributed by atoms with Gasteiger partial charge in [-0.2, -0.15) is 0 Å². The molecule has 0 unspecified atom stereocenters. The van der Waals surface area contributed by atoms with Crippen molar-refractivity contribution in [1.29, 1.82) is 0 Å². The van der Waals surface area contributed by atoms with Gasteiger partial charge in [0.2, 0.25) is 0 Å². The summed E-state index contributed by atoms with van der Waals surface area (Å²) in [6, 6.07) is 1.70. The summed E-state index contributed by atoms with van der Waals surface area (Å²) in [5.74, 6) is -1.15. The highest BCUT2D eigenvalue weighted by molar-refractivity contribution is 9.10. The van der Waals surface area contributed by atoms with Gasteiger partial charge in [-0.1, -0.05) is 0 Å². The third-order valence-corrected chi connectivity index (χ3v) is 3.27. The molecule has 0 spiro atoms. The molecule has 1 aliphatic rings. The molecule has 2 rings (SSSR count). The third-order valence-electron chi connectivity index (χ3n) is 2.83. The molecule has 1 amide bonds. The average molecular weight is 329 g/mol. The van der Waals surface area contributed by atoms with E-state index in [4.69, 9.17) is 9.84 Å². The topological polar surface area (TPSA) is 79.7 Å². The van der Waals surface area contributed by atoms with Crippen molar-refractivity contribution in [3.63, 3.8) is 0 Å². The number of carbonyl (C=O) groups is 2. The van der Waals surface area contributed by atoms with E-state index in [9.17, 15) is 9.59 Å². The molecule has 1 saturated heterocycles. The van der Waals surface area contributed by atoms with Crippen LogP contribution in [0.1, 0.15) is 17.3 Å². The van der Waals surface area contributed by atoms with E-state index in [-0.39, 0.29) is 12.5 Å². The summed E-state index contributed by atoms with van der Waals surface area (Å²) in [6.45, 7) is 2.20. The van der Waals surface area contributed by atoms with Crippen LogP contribution in [0.4, 0.5) is 0 Å². The first kappa shape index (κ1) is 14.0. The van der Waals surface area contributed by atoms with Crippen LogP contribution in [0.5, 0.6) is 0 Å². The van der Waals surface area contributed by atoms with Gasteiger partial charge in [-0.3, -0.25) is 9.78 Å². The lowest BCUT2D eigenvalue weighted by Gasteiger charge is -2.47. The zero-order valence-corrected chi connectivity index (χ0v) is 11.9. The number of rotatable bonds is 4. The number of ether oxygens (including phenoxy) is 1. The van der Waals surface area contributed by atoms with E-state index in [1.807, 2.05) is 0 Å². The SMILES string of the molecule is CC1(OCC(=O)O)CN(C(=O)c2cncc(Br)c2)C1. The summed E-state index contributed by atoms with van der Waals surface area (Å²) >= 11 is 3.26. The molecule has 0 radical (unpaired) electrons. The number of hydrogen-bond acceptors (Lipinski definition) is 4. The summed E-state index contributed by atoms with van der Waals surface area (Å²) in [4.78, 5) is 28.1. The Bertz CT molecular complexity index is 514. The fourth-order valence-corrected chi connectivity index (χ4v) is 2.31. The molecular weight excluding hydrogens is 316 g/mol. The molecule has 1 aliphatic heterocycles. The molecule has 19 heavy (non-hydrogen) atoms. The Balaban J connectivity index is 1.93. The molecular formula is C12H13BrN2O4. The van der Waals surface area contributed by atoms with Gasteiger partial charge in [-0.05, 0) is 28.9 Å². The standard InChI is InChI=1S/C12H13BrN2O4/c1-12(19-5-10(16)17)6-15(7-12)11(18)8-2-9(13)4-14-3-8/h2-4H,5-7H2,1H3,(H,16,17). The van der Waals surface area contributed by atoms with E-state index in [1.165, 1.54) is 6.20 Å². The van der Waals surface area contributed by atoms with Gasteiger partial charge in [0.15, 0.2) is 0 Å². The Morgan fingerprint density at radius 1 is 1.53 bits per heavy atom. The number of aromatic nitrogens is 1.